The highest BCUT2D eigenvalue weighted by molar-refractivity contribution is 7.99. The normalized spacial score (nSPS) is 14.8. The molecule has 4 rings (SSSR count). The molecule has 11 heteroatoms. The predicted octanol–water partition coefficient (Wildman–Crippen LogP) is 2.71. The van der Waals surface area contributed by atoms with E-state index in [1.54, 1.807) is 59.2 Å². The molecule has 0 radical (unpaired) electrons. The highest BCUT2D eigenvalue weighted by Crippen LogP contribution is 2.23. The zero-order valence-electron chi connectivity index (χ0n) is 19.1. The second kappa shape index (κ2) is 11.1. The van der Waals surface area contributed by atoms with Gasteiger partial charge in [0.2, 0.25) is 5.91 Å². The van der Waals surface area contributed by atoms with Gasteiger partial charge in [0.15, 0.2) is 5.16 Å². The van der Waals surface area contributed by atoms with E-state index in [0.717, 1.165) is 5.56 Å². The molecule has 0 unspecified atom stereocenters. The van der Waals surface area contributed by atoms with Gasteiger partial charge in [-0.2, -0.15) is 5.26 Å². The summed E-state index contributed by atoms with van der Waals surface area (Å²) >= 11 is 1.27. The number of nitriles is 1. The van der Waals surface area contributed by atoms with Gasteiger partial charge in [0.05, 0.1) is 11.8 Å². The Hall–Kier alpha value is -3.75. The van der Waals surface area contributed by atoms with E-state index in [-0.39, 0.29) is 23.4 Å². The zero-order valence-corrected chi connectivity index (χ0v) is 19.9. The molecule has 2 aromatic carbocycles. The van der Waals surface area contributed by atoms with Crippen molar-refractivity contribution in [3.05, 3.63) is 71.8 Å². The van der Waals surface area contributed by atoms with E-state index in [9.17, 15) is 19.2 Å². The quantitative estimate of drug-likeness (QED) is 0.504. The Morgan fingerprint density at radius 2 is 1.91 bits per heavy atom. The third-order valence-corrected chi connectivity index (χ3v) is 6.70. The summed E-state index contributed by atoms with van der Waals surface area (Å²) in [6, 6.07) is 14.6. The fraction of sp³-hybridized carbons (Fsp3) is 0.292. The molecule has 0 bridgehead atoms. The molecular weight excluding hydrogens is 469 g/mol. The Kier molecular flexibility index (Phi) is 7.74. The van der Waals surface area contributed by atoms with E-state index in [4.69, 9.17) is 0 Å². The van der Waals surface area contributed by atoms with Crippen molar-refractivity contribution in [3.8, 4) is 6.07 Å². The molecule has 0 aliphatic carbocycles. The van der Waals surface area contributed by atoms with E-state index in [0.29, 0.717) is 42.6 Å². The average molecular weight is 494 g/mol. The summed E-state index contributed by atoms with van der Waals surface area (Å²) in [5.74, 6) is -0.520. The van der Waals surface area contributed by atoms with Crippen molar-refractivity contribution in [1.29, 1.82) is 5.26 Å². The molecule has 2 heterocycles. The van der Waals surface area contributed by atoms with Crippen LogP contribution >= 0.6 is 11.8 Å². The number of carbonyl (C=O) groups excluding carboxylic acids is 2. The smallest absolute Gasteiger partial charge is 0.254 e. The number of anilines is 1. The number of halogens is 1. The van der Waals surface area contributed by atoms with E-state index < -0.39 is 6.04 Å². The van der Waals surface area contributed by atoms with Gasteiger partial charge in [0.1, 0.15) is 18.2 Å². The highest BCUT2D eigenvalue weighted by atomic mass is 32.2. The number of aromatic nitrogens is 3. The number of hydrogen-bond donors (Lipinski definition) is 1. The molecule has 1 atom stereocenters. The molecule has 1 N–H and O–H groups in total. The van der Waals surface area contributed by atoms with Crippen molar-refractivity contribution < 1.29 is 14.0 Å². The topological polar surface area (TPSA) is 107 Å². The van der Waals surface area contributed by atoms with E-state index in [1.807, 2.05) is 4.90 Å². The largest absolute Gasteiger partial charge is 0.336 e. The Balaban J connectivity index is 1.32. The number of nitrogens with zero attached hydrogens (tertiary/aromatic N) is 6. The third-order valence-electron chi connectivity index (χ3n) is 5.67. The molecule has 0 saturated carbocycles. The predicted molar refractivity (Wildman–Crippen MR) is 129 cm³/mol. The van der Waals surface area contributed by atoms with Gasteiger partial charge in [0.25, 0.3) is 5.91 Å². The van der Waals surface area contributed by atoms with Gasteiger partial charge in [-0.1, -0.05) is 30.0 Å². The standard InChI is InChI=1S/C24H24FN7O2S/c1-30-16-27-29-24(30)35-15-22(33)28-20-4-2-3-18(13-20)23(34)32-11-9-31(10-12-32)21(14-26)17-5-7-19(25)8-6-17/h2-8,13,16,21H,9-12,15H2,1H3,(H,28,33)/t21-/m0/s1. The van der Waals surface area contributed by atoms with Crippen LogP contribution in [0.25, 0.3) is 0 Å². The second-order valence-electron chi connectivity index (χ2n) is 8.05. The van der Waals surface area contributed by atoms with Crippen LogP contribution in [0.15, 0.2) is 60.0 Å². The maximum atomic E-state index is 13.2. The third kappa shape index (κ3) is 6.03. The summed E-state index contributed by atoms with van der Waals surface area (Å²) in [7, 11) is 1.80. The summed E-state index contributed by atoms with van der Waals surface area (Å²) in [5, 5.41) is 20.8. The van der Waals surface area contributed by atoms with Gasteiger partial charge in [-0.3, -0.25) is 14.5 Å². The van der Waals surface area contributed by atoms with Crippen LogP contribution in [0.2, 0.25) is 0 Å². The number of thioether (sulfide) groups is 1. The van der Waals surface area contributed by atoms with Crippen LogP contribution in [0.4, 0.5) is 10.1 Å². The van der Waals surface area contributed by atoms with Crippen molar-refractivity contribution in [2.45, 2.75) is 11.2 Å². The number of amides is 2. The lowest BCUT2D eigenvalue weighted by atomic mass is 10.1. The number of nitrogens with one attached hydrogen (secondary N) is 1. The summed E-state index contributed by atoms with van der Waals surface area (Å²) in [4.78, 5) is 29.1. The van der Waals surface area contributed by atoms with Gasteiger partial charge in [-0.05, 0) is 35.9 Å². The van der Waals surface area contributed by atoms with Crippen molar-refractivity contribution >= 4 is 29.3 Å². The highest BCUT2D eigenvalue weighted by Gasteiger charge is 2.27. The van der Waals surface area contributed by atoms with E-state index in [2.05, 4.69) is 21.6 Å². The number of carbonyl (C=O) groups is 2. The van der Waals surface area contributed by atoms with Gasteiger partial charge < -0.3 is 14.8 Å². The summed E-state index contributed by atoms with van der Waals surface area (Å²) in [6.07, 6.45) is 1.57. The summed E-state index contributed by atoms with van der Waals surface area (Å²) in [5.41, 5.74) is 1.75. The number of hydrogen-bond acceptors (Lipinski definition) is 7. The minimum Gasteiger partial charge on any atom is -0.336 e. The van der Waals surface area contributed by atoms with Crippen molar-refractivity contribution in [1.82, 2.24) is 24.6 Å². The molecule has 1 aliphatic heterocycles. The van der Waals surface area contributed by atoms with Crippen molar-refractivity contribution in [2.75, 3.05) is 37.2 Å². The molecule has 2 amide bonds. The maximum Gasteiger partial charge on any atom is 0.254 e. The zero-order chi connectivity index (χ0) is 24.8. The first-order valence-corrected chi connectivity index (χ1v) is 12.0. The molecule has 0 spiro atoms. The minimum absolute atomic E-state index is 0.135. The SMILES string of the molecule is Cn1cnnc1SCC(=O)Nc1cccc(C(=O)N2CCN([C@@H](C#N)c3ccc(F)cc3)CC2)c1. The van der Waals surface area contributed by atoms with Crippen LogP contribution in [-0.4, -0.2) is 68.3 Å². The first kappa shape index (κ1) is 24.4. The lowest BCUT2D eigenvalue weighted by Crippen LogP contribution is -2.49. The van der Waals surface area contributed by atoms with Crippen LogP contribution in [0.3, 0.4) is 0 Å². The van der Waals surface area contributed by atoms with Crippen molar-refractivity contribution in [2.24, 2.45) is 7.05 Å². The summed E-state index contributed by atoms with van der Waals surface area (Å²) in [6.45, 7) is 1.97. The molecule has 1 aromatic heterocycles. The monoisotopic (exact) mass is 493 g/mol. The van der Waals surface area contributed by atoms with E-state index >= 15 is 0 Å². The molecule has 180 valence electrons. The Labute approximate surface area is 206 Å². The lowest BCUT2D eigenvalue weighted by molar-refractivity contribution is -0.113. The minimum atomic E-state index is -0.495. The number of rotatable bonds is 7. The van der Waals surface area contributed by atoms with Gasteiger partial charge >= 0.3 is 0 Å². The molecular formula is C24H24FN7O2S. The maximum absolute atomic E-state index is 13.2. The second-order valence-corrected chi connectivity index (χ2v) is 9.00. The Bertz CT molecular complexity index is 1230. The van der Waals surface area contributed by atoms with Crippen molar-refractivity contribution in [3.63, 3.8) is 0 Å². The molecule has 9 nitrogen and oxygen atoms in total. The number of aryl methyl sites for hydroxylation is 1. The average Bonchev–Trinajstić information content (AvgIpc) is 3.29. The first-order valence-electron chi connectivity index (χ1n) is 11.0. The Morgan fingerprint density at radius 3 is 2.57 bits per heavy atom. The first-order chi connectivity index (χ1) is 16.9. The Morgan fingerprint density at radius 1 is 1.17 bits per heavy atom. The van der Waals surface area contributed by atoms with E-state index in [1.165, 1.54) is 23.9 Å². The van der Waals surface area contributed by atoms with Crippen LogP contribution in [0.1, 0.15) is 22.0 Å². The fourth-order valence-electron chi connectivity index (χ4n) is 3.84. The summed E-state index contributed by atoms with van der Waals surface area (Å²) < 4.78 is 15.0. The molecule has 1 fully saturated rings. The fourth-order valence-corrected chi connectivity index (χ4v) is 4.53. The molecule has 1 aliphatic rings. The van der Waals surface area contributed by atoms with Gasteiger partial charge in [-0.25, -0.2) is 4.39 Å². The molecule has 3 aromatic rings. The van der Waals surface area contributed by atoms with Crippen LogP contribution in [0, 0.1) is 17.1 Å². The lowest BCUT2D eigenvalue weighted by Gasteiger charge is -2.37. The molecule has 1 saturated heterocycles. The van der Waals surface area contributed by atoms with Gasteiger partial charge in [-0.15, -0.1) is 10.2 Å². The van der Waals surface area contributed by atoms with Crippen LogP contribution < -0.4 is 5.32 Å². The number of piperazine rings is 1. The molecule has 35 heavy (non-hydrogen) atoms. The number of benzene rings is 2. The van der Waals surface area contributed by atoms with Crippen LogP contribution in [-0.2, 0) is 11.8 Å². The van der Waals surface area contributed by atoms with Crippen LogP contribution in [0.5, 0.6) is 0 Å². The van der Waals surface area contributed by atoms with Gasteiger partial charge in [0, 0.05) is 44.5 Å².